The van der Waals surface area contributed by atoms with E-state index in [0.29, 0.717) is 32.5 Å². The van der Waals surface area contributed by atoms with Gasteiger partial charge in [-0.25, -0.2) is 5.90 Å². The van der Waals surface area contributed by atoms with Gasteiger partial charge in [0.2, 0.25) is 5.91 Å². The Balaban J connectivity index is 1.92. The van der Waals surface area contributed by atoms with Crippen molar-refractivity contribution in [2.45, 2.75) is 141 Å². The second-order valence-electron chi connectivity index (χ2n) is 10.9. The van der Waals surface area contributed by atoms with Crippen LogP contribution in [0, 0.1) is 0 Å². The topological polar surface area (TPSA) is 120 Å². The van der Waals surface area contributed by atoms with Crippen molar-refractivity contribution in [2.24, 2.45) is 5.90 Å². The van der Waals surface area contributed by atoms with Crippen LogP contribution in [0.25, 0.3) is 0 Å². The van der Waals surface area contributed by atoms with Crippen LogP contribution in [0.5, 0.6) is 0 Å². The third-order valence-electron chi connectivity index (χ3n) is 7.56. The highest BCUT2D eigenvalue weighted by Crippen LogP contribution is 2.21. The van der Waals surface area contributed by atoms with Gasteiger partial charge in [-0.2, -0.15) is 0 Å². The number of nitrogens with two attached hydrogens (primary N) is 1. The molecule has 3 N–H and O–H groups in total. The molecule has 228 valence electrons. The third kappa shape index (κ3) is 18.3. The average Bonchev–Trinajstić information content (AvgIpc) is 3.35. The minimum atomic E-state index is -0.303. The minimum Gasteiger partial charge on any atom is -0.456 e. The van der Waals surface area contributed by atoms with Crippen LogP contribution in [0.2, 0.25) is 0 Å². The molecular formula is C30H57N3O6. The first kappa shape index (κ1) is 35.3. The number of methoxy groups -OCH3 is 1. The second-order valence-corrected chi connectivity index (χ2v) is 10.9. The molecule has 2 amide bonds. The van der Waals surface area contributed by atoms with Gasteiger partial charge in [-0.05, 0) is 25.7 Å². The summed E-state index contributed by atoms with van der Waals surface area (Å²) in [6.45, 7) is 3.40. The van der Waals surface area contributed by atoms with E-state index in [1.807, 2.05) is 0 Å². The van der Waals surface area contributed by atoms with Crippen molar-refractivity contribution in [2.75, 3.05) is 33.4 Å². The number of esters is 1. The molecule has 2 atom stereocenters. The van der Waals surface area contributed by atoms with E-state index in [9.17, 15) is 14.4 Å². The number of carbonyl (C=O) groups is 3. The molecule has 9 nitrogen and oxygen atoms in total. The largest absolute Gasteiger partial charge is 0.456 e. The molecule has 1 saturated heterocycles. The molecule has 0 saturated carbocycles. The van der Waals surface area contributed by atoms with Crippen molar-refractivity contribution >= 4 is 17.8 Å². The van der Waals surface area contributed by atoms with Crippen LogP contribution in [0.1, 0.15) is 129 Å². The van der Waals surface area contributed by atoms with Gasteiger partial charge in [0.1, 0.15) is 0 Å². The highest BCUT2D eigenvalue weighted by molar-refractivity contribution is 5.80. The number of amides is 2. The number of carbonyl (C=O) groups excluding carboxylic acids is 3. The van der Waals surface area contributed by atoms with Gasteiger partial charge in [-0.1, -0.05) is 90.4 Å². The lowest BCUT2D eigenvalue weighted by Crippen LogP contribution is -2.39. The number of ether oxygens (including phenoxy) is 2. The lowest BCUT2D eigenvalue weighted by Gasteiger charge is -2.23. The Morgan fingerprint density at radius 3 is 1.97 bits per heavy atom. The lowest BCUT2D eigenvalue weighted by molar-refractivity contribution is -0.148. The number of hydrogen-bond donors (Lipinski definition) is 2. The zero-order chi connectivity index (χ0) is 28.6. The molecule has 0 bridgehead atoms. The summed E-state index contributed by atoms with van der Waals surface area (Å²) >= 11 is 0. The molecule has 1 aliphatic rings. The maximum Gasteiger partial charge on any atom is 0.306 e. The molecule has 0 aromatic carbocycles. The smallest absolute Gasteiger partial charge is 0.306 e. The first-order chi connectivity index (χ1) is 19.0. The summed E-state index contributed by atoms with van der Waals surface area (Å²) in [5.74, 6) is 4.69. The van der Waals surface area contributed by atoms with E-state index in [2.05, 4.69) is 12.2 Å². The van der Waals surface area contributed by atoms with Crippen LogP contribution in [0.4, 0.5) is 0 Å². The first-order valence-electron chi connectivity index (χ1n) is 15.6. The summed E-state index contributed by atoms with van der Waals surface area (Å²) in [6, 6.07) is -0.0426. The molecule has 1 aliphatic heterocycles. The quantitative estimate of drug-likeness (QED) is 0.0903. The van der Waals surface area contributed by atoms with Gasteiger partial charge in [0.05, 0.1) is 18.8 Å². The molecule has 0 spiro atoms. The first-order valence-corrected chi connectivity index (χ1v) is 15.6. The van der Waals surface area contributed by atoms with E-state index in [-0.39, 0.29) is 36.5 Å². The second kappa shape index (κ2) is 24.1. The fraction of sp³-hybridized carbons (Fsp3) is 0.900. The Bertz CT molecular complexity index is 648. The number of likely N-dealkylation sites (tertiary alicyclic amines) is 1. The summed E-state index contributed by atoms with van der Waals surface area (Å²) in [5.41, 5.74) is 0. The van der Waals surface area contributed by atoms with Crippen LogP contribution in [-0.4, -0.2) is 68.2 Å². The van der Waals surface area contributed by atoms with Crippen molar-refractivity contribution < 1.29 is 28.7 Å². The summed E-state index contributed by atoms with van der Waals surface area (Å²) in [7, 11) is 1.65. The fourth-order valence-electron chi connectivity index (χ4n) is 5.12. The number of rotatable bonds is 25. The van der Waals surface area contributed by atoms with Crippen molar-refractivity contribution in [1.29, 1.82) is 0 Å². The Kier molecular flexibility index (Phi) is 21.8. The van der Waals surface area contributed by atoms with Crippen molar-refractivity contribution in [3.8, 4) is 0 Å². The van der Waals surface area contributed by atoms with E-state index in [1.54, 1.807) is 12.0 Å². The molecule has 0 aromatic heterocycles. The Labute approximate surface area is 237 Å². The number of hydrogen-bond acceptors (Lipinski definition) is 7. The van der Waals surface area contributed by atoms with Gasteiger partial charge >= 0.3 is 5.97 Å². The zero-order valence-electron chi connectivity index (χ0n) is 24.9. The predicted molar refractivity (Wildman–Crippen MR) is 154 cm³/mol. The molecular weight excluding hydrogens is 498 g/mol. The molecule has 1 fully saturated rings. The number of nitrogens with one attached hydrogen (secondary N) is 1. The highest BCUT2D eigenvalue weighted by Gasteiger charge is 2.34. The van der Waals surface area contributed by atoms with Crippen LogP contribution in [-0.2, 0) is 28.7 Å². The molecule has 0 aliphatic carbocycles. The number of unbranched alkanes of at least 4 members (excludes halogenated alkanes) is 14. The normalized spacial score (nSPS) is 16.9. The minimum absolute atomic E-state index is 0.0211. The van der Waals surface area contributed by atoms with E-state index >= 15 is 0 Å². The van der Waals surface area contributed by atoms with E-state index in [0.717, 1.165) is 44.9 Å². The zero-order valence-corrected chi connectivity index (χ0v) is 24.9. The Morgan fingerprint density at radius 2 is 1.38 bits per heavy atom. The SMILES string of the molecule is CCCCCCCCCCCCCCCC(=O)OCC(=O)NCCCCCC(=O)N1C[C@H](OC)C[C@H]1CON. The van der Waals surface area contributed by atoms with Crippen LogP contribution >= 0.6 is 0 Å². The third-order valence-corrected chi connectivity index (χ3v) is 7.56. The van der Waals surface area contributed by atoms with Gasteiger partial charge < -0.3 is 24.5 Å². The molecule has 0 radical (unpaired) electrons. The predicted octanol–water partition coefficient (Wildman–Crippen LogP) is 5.19. The van der Waals surface area contributed by atoms with Gasteiger partial charge in [0.25, 0.3) is 5.91 Å². The van der Waals surface area contributed by atoms with Gasteiger partial charge in [-0.3, -0.25) is 14.4 Å². The van der Waals surface area contributed by atoms with Gasteiger partial charge in [-0.15, -0.1) is 0 Å². The lowest BCUT2D eigenvalue weighted by atomic mass is 10.0. The summed E-state index contributed by atoms with van der Waals surface area (Å²) < 4.78 is 10.5. The number of nitrogens with zero attached hydrogens (tertiary/aromatic N) is 1. The Morgan fingerprint density at radius 1 is 0.821 bits per heavy atom. The molecule has 9 heteroatoms. The molecule has 1 heterocycles. The maximum atomic E-state index is 12.5. The standard InChI is InChI=1S/C30H57N3O6/c1-3-4-5-6-7-8-9-10-11-12-13-14-17-20-30(36)38-25-28(34)32-21-18-15-16-19-29(35)33-23-27(37-2)22-26(33)24-39-31/h26-27H,3-25,31H2,1-2H3,(H,32,34)/t26-,27+/m0/s1. The van der Waals surface area contributed by atoms with Gasteiger partial charge in [0.15, 0.2) is 6.61 Å². The van der Waals surface area contributed by atoms with Crippen LogP contribution in [0.3, 0.4) is 0 Å². The average molecular weight is 556 g/mol. The van der Waals surface area contributed by atoms with E-state index in [4.69, 9.17) is 20.2 Å². The van der Waals surface area contributed by atoms with Crippen LogP contribution in [0.15, 0.2) is 0 Å². The highest BCUT2D eigenvalue weighted by atomic mass is 16.6. The summed E-state index contributed by atoms with van der Waals surface area (Å²) in [4.78, 5) is 42.9. The molecule has 0 aromatic rings. The van der Waals surface area contributed by atoms with E-state index in [1.165, 1.54) is 64.2 Å². The monoisotopic (exact) mass is 555 g/mol. The molecule has 0 unspecified atom stereocenters. The summed E-state index contributed by atoms with van der Waals surface area (Å²) in [5, 5.41) is 2.78. The van der Waals surface area contributed by atoms with E-state index < -0.39 is 0 Å². The molecule has 1 rings (SSSR count). The maximum absolute atomic E-state index is 12.5. The van der Waals surface area contributed by atoms with Crippen molar-refractivity contribution in [3.63, 3.8) is 0 Å². The van der Waals surface area contributed by atoms with Crippen molar-refractivity contribution in [1.82, 2.24) is 10.2 Å². The fourth-order valence-corrected chi connectivity index (χ4v) is 5.12. The Hall–Kier alpha value is -1.71. The van der Waals surface area contributed by atoms with Gasteiger partial charge in [0, 0.05) is 33.0 Å². The summed E-state index contributed by atoms with van der Waals surface area (Å²) in [6.07, 6.45) is 20.3. The van der Waals surface area contributed by atoms with Crippen molar-refractivity contribution in [3.05, 3.63) is 0 Å². The molecule has 39 heavy (non-hydrogen) atoms. The van der Waals surface area contributed by atoms with Crippen LogP contribution < -0.4 is 11.2 Å².